The minimum absolute atomic E-state index is 0.361. The molecular formula is C15H19N3OS. The van der Waals surface area contributed by atoms with E-state index in [1.165, 1.54) is 29.9 Å². The number of methoxy groups -OCH3 is 1. The summed E-state index contributed by atoms with van der Waals surface area (Å²) in [5.41, 5.74) is 1.34. The van der Waals surface area contributed by atoms with Crippen molar-refractivity contribution in [3.8, 4) is 0 Å². The van der Waals surface area contributed by atoms with Gasteiger partial charge in [0.2, 0.25) is 5.13 Å². The Labute approximate surface area is 123 Å². The SMILES string of the molecule is COCCc1nsc(NC(c2ccccc2)C2CC2)n1. The van der Waals surface area contributed by atoms with Crippen molar-refractivity contribution < 1.29 is 4.74 Å². The second-order valence-electron chi connectivity index (χ2n) is 5.13. The van der Waals surface area contributed by atoms with Gasteiger partial charge in [0.15, 0.2) is 0 Å². The van der Waals surface area contributed by atoms with Crippen LogP contribution < -0.4 is 5.32 Å². The molecule has 0 saturated heterocycles. The molecule has 4 nitrogen and oxygen atoms in total. The average molecular weight is 289 g/mol. The van der Waals surface area contributed by atoms with Crippen LogP contribution in [0.2, 0.25) is 0 Å². The highest BCUT2D eigenvalue weighted by Crippen LogP contribution is 2.42. The number of ether oxygens (including phenoxy) is 1. The van der Waals surface area contributed by atoms with Gasteiger partial charge in [-0.05, 0) is 24.3 Å². The fourth-order valence-corrected chi connectivity index (χ4v) is 2.95. The molecule has 0 aliphatic heterocycles. The van der Waals surface area contributed by atoms with Crippen LogP contribution in [-0.2, 0) is 11.2 Å². The number of hydrogen-bond acceptors (Lipinski definition) is 5. The van der Waals surface area contributed by atoms with E-state index in [0.29, 0.717) is 12.6 Å². The van der Waals surface area contributed by atoms with Crippen LogP contribution in [0.25, 0.3) is 0 Å². The Morgan fingerprint density at radius 1 is 1.35 bits per heavy atom. The summed E-state index contributed by atoms with van der Waals surface area (Å²) in [6.07, 6.45) is 3.36. The molecule has 5 heteroatoms. The molecule has 3 rings (SSSR count). The number of aromatic nitrogens is 2. The van der Waals surface area contributed by atoms with Gasteiger partial charge in [0.25, 0.3) is 0 Å². The number of benzene rings is 1. The summed E-state index contributed by atoms with van der Waals surface area (Å²) in [7, 11) is 1.70. The number of nitrogens with zero attached hydrogens (tertiary/aromatic N) is 2. The standard InChI is InChI=1S/C15H19N3OS/c1-19-10-9-13-16-15(20-18-13)17-14(12-7-8-12)11-5-3-2-4-6-11/h2-6,12,14H,7-10H2,1H3,(H,16,17,18). The molecular weight excluding hydrogens is 270 g/mol. The quantitative estimate of drug-likeness (QED) is 0.849. The zero-order chi connectivity index (χ0) is 13.8. The molecule has 1 N–H and O–H groups in total. The van der Waals surface area contributed by atoms with Crippen LogP contribution in [0, 0.1) is 5.92 Å². The Morgan fingerprint density at radius 3 is 2.85 bits per heavy atom. The highest BCUT2D eigenvalue weighted by atomic mass is 32.1. The number of rotatable bonds is 7. The first-order chi connectivity index (χ1) is 9.86. The van der Waals surface area contributed by atoms with E-state index in [9.17, 15) is 0 Å². The first kappa shape index (κ1) is 13.5. The van der Waals surface area contributed by atoms with Gasteiger partial charge in [0, 0.05) is 25.1 Å². The van der Waals surface area contributed by atoms with Gasteiger partial charge in [-0.3, -0.25) is 0 Å². The van der Waals surface area contributed by atoms with Crippen LogP contribution in [0.5, 0.6) is 0 Å². The summed E-state index contributed by atoms with van der Waals surface area (Å²) in [4.78, 5) is 4.54. The normalized spacial score (nSPS) is 16.1. The summed E-state index contributed by atoms with van der Waals surface area (Å²) in [5, 5.41) is 4.47. The molecule has 2 aromatic rings. The lowest BCUT2D eigenvalue weighted by Gasteiger charge is -2.17. The third kappa shape index (κ3) is 3.35. The fourth-order valence-electron chi connectivity index (χ4n) is 2.30. The first-order valence-electron chi connectivity index (χ1n) is 7.00. The Balaban J connectivity index is 1.69. The minimum atomic E-state index is 0.361. The van der Waals surface area contributed by atoms with E-state index in [0.717, 1.165) is 23.3 Å². The topological polar surface area (TPSA) is 47.0 Å². The van der Waals surface area contributed by atoms with E-state index < -0.39 is 0 Å². The second-order valence-corrected chi connectivity index (χ2v) is 5.88. The second kappa shape index (κ2) is 6.33. The number of nitrogens with one attached hydrogen (secondary N) is 1. The van der Waals surface area contributed by atoms with Crippen molar-refractivity contribution >= 4 is 16.7 Å². The highest BCUT2D eigenvalue weighted by molar-refractivity contribution is 7.09. The van der Waals surface area contributed by atoms with Gasteiger partial charge in [0.05, 0.1) is 12.6 Å². The van der Waals surface area contributed by atoms with Crippen molar-refractivity contribution in [2.75, 3.05) is 19.0 Å². The molecule has 1 saturated carbocycles. The largest absolute Gasteiger partial charge is 0.384 e. The number of anilines is 1. The molecule has 1 aromatic carbocycles. The lowest BCUT2D eigenvalue weighted by Crippen LogP contribution is -2.12. The van der Waals surface area contributed by atoms with Crippen LogP contribution in [0.4, 0.5) is 5.13 Å². The van der Waals surface area contributed by atoms with E-state index >= 15 is 0 Å². The molecule has 0 radical (unpaired) electrons. The van der Waals surface area contributed by atoms with Crippen molar-refractivity contribution in [2.45, 2.75) is 25.3 Å². The van der Waals surface area contributed by atoms with Crippen molar-refractivity contribution in [1.82, 2.24) is 9.36 Å². The predicted molar refractivity (Wildman–Crippen MR) is 81.0 cm³/mol. The van der Waals surface area contributed by atoms with Crippen LogP contribution in [-0.4, -0.2) is 23.1 Å². The molecule has 20 heavy (non-hydrogen) atoms. The molecule has 106 valence electrons. The molecule has 1 atom stereocenters. The molecule has 1 aliphatic rings. The van der Waals surface area contributed by atoms with E-state index in [1.807, 2.05) is 0 Å². The van der Waals surface area contributed by atoms with Gasteiger partial charge in [-0.2, -0.15) is 4.37 Å². The van der Waals surface area contributed by atoms with Crippen molar-refractivity contribution in [1.29, 1.82) is 0 Å². The Kier molecular flexibility index (Phi) is 4.28. The molecule has 1 aliphatic carbocycles. The summed E-state index contributed by atoms with van der Waals surface area (Å²) >= 11 is 1.44. The maximum Gasteiger partial charge on any atom is 0.203 e. The van der Waals surface area contributed by atoms with Gasteiger partial charge in [-0.15, -0.1) is 0 Å². The van der Waals surface area contributed by atoms with E-state index in [-0.39, 0.29) is 0 Å². The van der Waals surface area contributed by atoms with E-state index in [1.54, 1.807) is 7.11 Å². The van der Waals surface area contributed by atoms with Crippen LogP contribution in [0.3, 0.4) is 0 Å². The Hall–Kier alpha value is -1.46. The van der Waals surface area contributed by atoms with Crippen LogP contribution in [0.1, 0.15) is 30.3 Å². The molecule has 0 bridgehead atoms. The molecule has 1 fully saturated rings. The van der Waals surface area contributed by atoms with Crippen LogP contribution >= 0.6 is 11.5 Å². The van der Waals surface area contributed by atoms with Gasteiger partial charge in [-0.1, -0.05) is 30.3 Å². The Bertz CT molecular complexity index is 539. The van der Waals surface area contributed by atoms with Crippen molar-refractivity contribution in [3.63, 3.8) is 0 Å². The summed E-state index contributed by atoms with van der Waals surface area (Å²) in [6, 6.07) is 11.0. The van der Waals surface area contributed by atoms with Gasteiger partial charge >= 0.3 is 0 Å². The van der Waals surface area contributed by atoms with Gasteiger partial charge in [-0.25, -0.2) is 4.98 Å². The lowest BCUT2D eigenvalue weighted by molar-refractivity contribution is 0.201. The zero-order valence-corrected chi connectivity index (χ0v) is 12.4. The summed E-state index contributed by atoms with van der Waals surface area (Å²) in [6.45, 7) is 0.668. The fraction of sp³-hybridized carbons (Fsp3) is 0.467. The van der Waals surface area contributed by atoms with Crippen molar-refractivity contribution in [2.24, 2.45) is 5.92 Å². The third-order valence-electron chi connectivity index (χ3n) is 3.53. The smallest absolute Gasteiger partial charge is 0.203 e. The molecule has 0 spiro atoms. The highest BCUT2D eigenvalue weighted by Gasteiger charge is 2.32. The molecule has 0 amide bonds. The number of hydrogen-bond donors (Lipinski definition) is 1. The first-order valence-corrected chi connectivity index (χ1v) is 7.77. The van der Waals surface area contributed by atoms with E-state index in [4.69, 9.17) is 4.74 Å². The molecule has 1 heterocycles. The summed E-state index contributed by atoms with van der Waals surface area (Å²) in [5.74, 6) is 1.59. The molecule has 1 unspecified atom stereocenters. The Morgan fingerprint density at radius 2 is 2.15 bits per heavy atom. The van der Waals surface area contributed by atoms with Crippen LogP contribution in [0.15, 0.2) is 30.3 Å². The average Bonchev–Trinajstić information content (AvgIpc) is 3.23. The monoisotopic (exact) mass is 289 g/mol. The summed E-state index contributed by atoms with van der Waals surface area (Å²) < 4.78 is 9.43. The van der Waals surface area contributed by atoms with Gasteiger partial charge in [0.1, 0.15) is 5.82 Å². The van der Waals surface area contributed by atoms with Crippen molar-refractivity contribution in [3.05, 3.63) is 41.7 Å². The van der Waals surface area contributed by atoms with E-state index in [2.05, 4.69) is 45.0 Å². The minimum Gasteiger partial charge on any atom is -0.384 e. The molecule has 1 aromatic heterocycles. The maximum absolute atomic E-state index is 5.06. The zero-order valence-electron chi connectivity index (χ0n) is 11.6. The lowest BCUT2D eigenvalue weighted by atomic mass is 10.0. The third-order valence-corrected chi connectivity index (χ3v) is 4.21. The van der Waals surface area contributed by atoms with Gasteiger partial charge < -0.3 is 10.1 Å². The maximum atomic E-state index is 5.06. The predicted octanol–water partition coefficient (Wildman–Crippen LogP) is 3.29.